The van der Waals surface area contributed by atoms with Gasteiger partial charge < -0.3 is 18.9 Å². The maximum atomic E-state index is 13.0. The highest BCUT2D eigenvalue weighted by atomic mass is 16.7. The van der Waals surface area contributed by atoms with Crippen molar-refractivity contribution in [1.29, 1.82) is 0 Å². The third-order valence-corrected chi connectivity index (χ3v) is 3.34. The van der Waals surface area contributed by atoms with Gasteiger partial charge in [-0.05, 0) is 66.5 Å². The molecule has 28 heavy (non-hydrogen) atoms. The van der Waals surface area contributed by atoms with Crippen LogP contribution >= 0.6 is 0 Å². The Labute approximate surface area is 167 Å². The minimum Gasteiger partial charge on any atom is -0.456 e. The van der Waals surface area contributed by atoms with Gasteiger partial charge in [0.15, 0.2) is 5.75 Å². The van der Waals surface area contributed by atoms with Gasteiger partial charge in [-0.1, -0.05) is 18.7 Å². The molecule has 0 radical (unpaired) electrons. The van der Waals surface area contributed by atoms with E-state index in [0.717, 1.165) is 0 Å². The molecule has 1 aromatic carbocycles. The minimum atomic E-state index is -0.909. The van der Waals surface area contributed by atoms with E-state index >= 15 is 0 Å². The van der Waals surface area contributed by atoms with Gasteiger partial charge in [-0.3, -0.25) is 0 Å². The molecule has 0 atom stereocenters. The Balaban J connectivity index is 3.53. The molecule has 0 saturated heterocycles. The summed E-state index contributed by atoms with van der Waals surface area (Å²) in [5.41, 5.74) is 0.380. The van der Waals surface area contributed by atoms with E-state index in [1.807, 2.05) is 6.92 Å². The number of esters is 1. The van der Waals surface area contributed by atoms with Gasteiger partial charge in [0.2, 0.25) is 0 Å². The number of carbonyl (C=O) groups excluding carboxylic acids is 2. The van der Waals surface area contributed by atoms with Gasteiger partial charge in [0.05, 0.1) is 6.61 Å². The third kappa shape index (κ3) is 7.35. The number of benzene rings is 1. The number of allylic oxidation sites excluding steroid dienone is 1. The zero-order chi connectivity index (χ0) is 21.7. The first-order valence-electron chi connectivity index (χ1n) is 9.29. The average molecular weight is 392 g/mol. The standard InChI is InChI=1S/C22H32O6/c1-10-25-13-15-11-12-16(14(2)3)18(26-20(24)28-22(7,8)9)17(15)19(23)27-21(4,5)6/h11-12H,2,10,13H2,1,3-9H3. The van der Waals surface area contributed by atoms with Crippen molar-refractivity contribution in [2.45, 2.75) is 73.2 Å². The molecule has 0 aliphatic heterocycles. The number of ether oxygens (including phenoxy) is 4. The van der Waals surface area contributed by atoms with Gasteiger partial charge >= 0.3 is 12.1 Å². The van der Waals surface area contributed by atoms with Gasteiger partial charge in [-0.2, -0.15) is 0 Å². The lowest BCUT2D eigenvalue weighted by Crippen LogP contribution is -2.28. The van der Waals surface area contributed by atoms with E-state index in [2.05, 4.69) is 6.58 Å². The van der Waals surface area contributed by atoms with Crippen molar-refractivity contribution in [2.75, 3.05) is 6.61 Å². The first-order valence-corrected chi connectivity index (χ1v) is 9.29. The largest absolute Gasteiger partial charge is 0.514 e. The number of rotatable bonds is 6. The van der Waals surface area contributed by atoms with Crippen molar-refractivity contribution in [1.82, 2.24) is 0 Å². The molecule has 0 bridgehead atoms. The summed E-state index contributed by atoms with van der Waals surface area (Å²) in [5.74, 6) is -0.544. The molecule has 0 amide bonds. The predicted octanol–water partition coefficient (Wildman–Crippen LogP) is 5.53. The number of hydrogen-bond acceptors (Lipinski definition) is 6. The van der Waals surface area contributed by atoms with Crippen LogP contribution in [0.2, 0.25) is 0 Å². The maximum Gasteiger partial charge on any atom is 0.514 e. The smallest absolute Gasteiger partial charge is 0.456 e. The summed E-state index contributed by atoms with van der Waals surface area (Å²) in [7, 11) is 0. The van der Waals surface area contributed by atoms with Crippen molar-refractivity contribution in [2.24, 2.45) is 0 Å². The van der Waals surface area contributed by atoms with E-state index in [4.69, 9.17) is 18.9 Å². The molecule has 156 valence electrons. The topological polar surface area (TPSA) is 71.1 Å². The Morgan fingerprint density at radius 3 is 2.04 bits per heavy atom. The van der Waals surface area contributed by atoms with E-state index in [1.165, 1.54) is 0 Å². The molecule has 0 aliphatic rings. The second-order valence-corrected chi connectivity index (χ2v) is 8.46. The van der Waals surface area contributed by atoms with Crippen molar-refractivity contribution in [3.63, 3.8) is 0 Å². The molecule has 0 unspecified atom stereocenters. The van der Waals surface area contributed by atoms with Crippen LogP contribution in [-0.4, -0.2) is 29.9 Å². The van der Waals surface area contributed by atoms with Crippen LogP contribution in [0, 0.1) is 0 Å². The van der Waals surface area contributed by atoms with Crippen molar-refractivity contribution in [3.05, 3.63) is 35.4 Å². The van der Waals surface area contributed by atoms with E-state index < -0.39 is 23.3 Å². The van der Waals surface area contributed by atoms with Crippen LogP contribution in [0.4, 0.5) is 4.79 Å². The summed E-state index contributed by atoms with van der Waals surface area (Å²) in [6.07, 6.45) is -0.909. The highest BCUT2D eigenvalue weighted by molar-refractivity contribution is 5.97. The SMILES string of the molecule is C=C(C)c1ccc(COCC)c(C(=O)OC(C)(C)C)c1OC(=O)OC(C)(C)C. The van der Waals surface area contributed by atoms with Crippen LogP contribution in [0.5, 0.6) is 5.75 Å². The van der Waals surface area contributed by atoms with Crippen LogP contribution < -0.4 is 4.74 Å². The third-order valence-electron chi connectivity index (χ3n) is 3.34. The Bertz CT molecular complexity index is 735. The molecule has 0 saturated carbocycles. The molecule has 0 N–H and O–H groups in total. The second-order valence-electron chi connectivity index (χ2n) is 8.46. The van der Waals surface area contributed by atoms with Gasteiger partial charge in [0.1, 0.15) is 16.8 Å². The average Bonchev–Trinajstić information content (AvgIpc) is 2.48. The molecule has 0 aliphatic carbocycles. The molecule has 0 spiro atoms. The summed E-state index contributed by atoms with van der Waals surface area (Å²) in [5, 5.41) is 0. The van der Waals surface area contributed by atoms with Gasteiger partial charge in [0.25, 0.3) is 0 Å². The minimum absolute atomic E-state index is 0.0632. The summed E-state index contributed by atoms with van der Waals surface area (Å²) in [6.45, 7) is 18.7. The highest BCUT2D eigenvalue weighted by Crippen LogP contribution is 2.34. The first kappa shape index (κ1) is 23.7. The zero-order valence-electron chi connectivity index (χ0n) is 18.2. The summed E-state index contributed by atoms with van der Waals surface area (Å²) in [4.78, 5) is 25.3. The Morgan fingerprint density at radius 2 is 1.57 bits per heavy atom. The molecule has 0 aromatic heterocycles. The van der Waals surface area contributed by atoms with E-state index in [-0.39, 0.29) is 17.9 Å². The van der Waals surface area contributed by atoms with Gasteiger partial charge in [-0.25, -0.2) is 9.59 Å². The van der Waals surface area contributed by atoms with Crippen molar-refractivity contribution >= 4 is 17.7 Å². The molecule has 1 rings (SSSR count). The molecule has 0 heterocycles. The number of hydrogen-bond donors (Lipinski definition) is 0. The van der Waals surface area contributed by atoms with Crippen LogP contribution in [-0.2, 0) is 20.8 Å². The summed E-state index contributed by atoms with van der Waals surface area (Å²) in [6, 6.07) is 3.49. The maximum absolute atomic E-state index is 13.0. The fourth-order valence-electron chi connectivity index (χ4n) is 2.30. The Morgan fingerprint density at radius 1 is 1.00 bits per heavy atom. The van der Waals surface area contributed by atoms with Crippen molar-refractivity contribution in [3.8, 4) is 5.75 Å². The van der Waals surface area contributed by atoms with Crippen LogP contribution in [0.15, 0.2) is 18.7 Å². The lowest BCUT2D eigenvalue weighted by atomic mass is 9.98. The molecular weight excluding hydrogens is 360 g/mol. The Hall–Kier alpha value is -2.34. The lowest BCUT2D eigenvalue weighted by molar-refractivity contribution is 0.00558. The van der Waals surface area contributed by atoms with Crippen LogP contribution in [0.3, 0.4) is 0 Å². The first-order chi connectivity index (χ1) is 12.7. The van der Waals surface area contributed by atoms with Crippen molar-refractivity contribution < 1.29 is 28.5 Å². The number of carbonyl (C=O) groups is 2. The normalized spacial score (nSPS) is 11.7. The predicted molar refractivity (Wildman–Crippen MR) is 109 cm³/mol. The molecule has 6 heteroatoms. The molecule has 0 fully saturated rings. The highest BCUT2D eigenvalue weighted by Gasteiger charge is 2.29. The van der Waals surface area contributed by atoms with Crippen LogP contribution in [0.1, 0.15) is 76.9 Å². The molecular formula is C22H32O6. The Kier molecular flexibility index (Phi) is 7.82. The van der Waals surface area contributed by atoms with Gasteiger partial charge in [0, 0.05) is 12.2 Å². The van der Waals surface area contributed by atoms with Crippen LogP contribution in [0.25, 0.3) is 5.57 Å². The van der Waals surface area contributed by atoms with E-state index in [9.17, 15) is 9.59 Å². The quantitative estimate of drug-likeness (QED) is 0.468. The zero-order valence-corrected chi connectivity index (χ0v) is 18.2. The van der Waals surface area contributed by atoms with E-state index in [0.29, 0.717) is 23.3 Å². The molecule has 1 aromatic rings. The second kappa shape index (κ2) is 9.24. The lowest BCUT2D eigenvalue weighted by Gasteiger charge is -2.24. The van der Waals surface area contributed by atoms with E-state index in [1.54, 1.807) is 60.6 Å². The monoisotopic (exact) mass is 392 g/mol. The molecule has 6 nitrogen and oxygen atoms in total. The fourth-order valence-corrected chi connectivity index (χ4v) is 2.30. The summed E-state index contributed by atoms with van der Waals surface area (Å²) < 4.78 is 21.8. The fraction of sp³-hybridized carbons (Fsp3) is 0.545. The summed E-state index contributed by atoms with van der Waals surface area (Å²) >= 11 is 0. The van der Waals surface area contributed by atoms with Gasteiger partial charge in [-0.15, -0.1) is 0 Å².